The first-order valence-electron chi connectivity index (χ1n) is 6.03. The first-order chi connectivity index (χ1) is 8.70. The Labute approximate surface area is 105 Å². The van der Waals surface area contributed by atoms with E-state index in [4.69, 9.17) is 5.26 Å². The van der Waals surface area contributed by atoms with Gasteiger partial charge >= 0.3 is 0 Å². The van der Waals surface area contributed by atoms with Gasteiger partial charge in [0.15, 0.2) is 0 Å². The van der Waals surface area contributed by atoms with Gasteiger partial charge in [0.1, 0.15) is 11.8 Å². The Morgan fingerprint density at radius 1 is 1.56 bits per heavy atom. The van der Waals surface area contributed by atoms with E-state index in [-0.39, 0.29) is 17.9 Å². The van der Waals surface area contributed by atoms with E-state index in [1.807, 2.05) is 6.07 Å². The van der Waals surface area contributed by atoms with E-state index >= 15 is 0 Å². The van der Waals surface area contributed by atoms with Gasteiger partial charge in [0.25, 0.3) is 5.91 Å². The number of rotatable bonds is 3. The van der Waals surface area contributed by atoms with Crippen LogP contribution in [0.1, 0.15) is 35.3 Å². The molecule has 1 saturated carbocycles. The normalized spacial score (nSPS) is 22.4. The van der Waals surface area contributed by atoms with Crippen LogP contribution in [-0.4, -0.2) is 28.6 Å². The molecule has 0 saturated heterocycles. The molecule has 1 amide bonds. The SMILES string of the molecule is N#Cc1ccc(C(=O)NCC2CCCC2O)nc1. The topological polar surface area (TPSA) is 86.0 Å². The fourth-order valence-corrected chi connectivity index (χ4v) is 2.16. The van der Waals surface area contributed by atoms with Gasteiger partial charge in [-0.3, -0.25) is 4.79 Å². The van der Waals surface area contributed by atoms with Crippen molar-refractivity contribution >= 4 is 5.91 Å². The summed E-state index contributed by atoms with van der Waals surface area (Å²) in [5.74, 6) is -0.120. The molecule has 2 N–H and O–H groups in total. The van der Waals surface area contributed by atoms with E-state index in [9.17, 15) is 9.90 Å². The van der Waals surface area contributed by atoms with Crippen molar-refractivity contribution in [1.29, 1.82) is 5.26 Å². The van der Waals surface area contributed by atoms with Crippen molar-refractivity contribution in [2.24, 2.45) is 5.92 Å². The van der Waals surface area contributed by atoms with E-state index < -0.39 is 0 Å². The van der Waals surface area contributed by atoms with Crippen molar-refractivity contribution in [2.45, 2.75) is 25.4 Å². The van der Waals surface area contributed by atoms with Crippen LogP contribution in [0.5, 0.6) is 0 Å². The average molecular weight is 245 g/mol. The summed E-state index contributed by atoms with van der Waals surface area (Å²) in [7, 11) is 0. The molecule has 1 aromatic heterocycles. The third kappa shape index (κ3) is 2.84. The van der Waals surface area contributed by atoms with E-state index in [0.717, 1.165) is 19.3 Å². The lowest BCUT2D eigenvalue weighted by Gasteiger charge is -2.14. The summed E-state index contributed by atoms with van der Waals surface area (Å²) in [5, 5.41) is 21.0. The molecule has 2 unspecified atom stereocenters. The highest BCUT2D eigenvalue weighted by Crippen LogP contribution is 2.24. The Bertz CT molecular complexity index is 464. The molecule has 5 heteroatoms. The maximum Gasteiger partial charge on any atom is 0.269 e. The van der Waals surface area contributed by atoms with Gasteiger partial charge < -0.3 is 10.4 Å². The standard InChI is InChI=1S/C13H15N3O2/c14-6-9-4-5-11(15-7-9)13(18)16-8-10-2-1-3-12(10)17/h4-5,7,10,12,17H,1-3,8H2,(H,16,18). The predicted octanol–water partition coefficient (Wildman–Crippen LogP) is 0.844. The van der Waals surface area contributed by atoms with Crippen molar-refractivity contribution in [3.05, 3.63) is 29.6 Å². The number of amides is 1. The maximum atomic E-state index is 11.8. The number of nitrogens with zero attached hydrogens (tertiary/aromatic N) is 2. The molecule has 1 aromatic rings. The third-order valence-electron chi connectivity index (χ3n) is 3.27. The molecule has 5 nitrogen and oxygen atoms in total. The summed E-state index contributed by atoms with van der Waals surface area (Å²) >= 11 is 0. The summed E-state index contributed by atoms with van der Waals surface area (Å²) in [4.78, 5) is 15.7. The smallest absolute Gasteiger partial charge is 0.269 e. The van der Waals surface area contributed by atoms with E-state index in [1.165, 1.54) is 12.3 Å². The zero-order valence-electron chi connectivity index (χ0n) is 9.97. The summed E-state index contributed by atoms with van der Waals surface area (Å²) in [5.41, 5.74) is 0.722. The largest absolute Gasteiger partial charge is 0.393 e. The summed E-state index contributed by atoms with van der Waals surface area (Å²) in [6, 6.07) is 5.04. The van der Waals surface area contributed by atoms with Crippen molar-refractivity contribution in [3.63, 3.8) is 0 Å². The second kappa shape index (κ2) is 5.61. The predicted molar refractivity (Wildman–Crippen MR) is 64.6 cm³/mol. The molecule has 1 aliphatic rings. The monoisotopic (exact) mass is 245 g/mol. The van der Waals surface area contributed by atoms with Gasteiger partial charge in [-0.25, -0.2) is 4.98 Å². The van der Waals surface area contributed by atoms with Crippen molar-refractivity contribution in [1.82, 2.24) is 10.3 Å². The second-order valence-electron chi connectivity index (χ2n) is 4.51. The van der Waals surface area contributed by atoms with Crippen LogP contribution in [0.25, 0.3) is 0 Å². The Morgan fingerprint density at radius 2 is 2.39 bits per heavy atom. The van der Waals surface area contributed by atoms with Gasteiger partial charge in [-0.15, -0.1) is 0 Å². The van der Waals surface area contributed by atoms with Crippen LogP contribution in [0, 0.1) is 17.2 Å². The molecule has 1 fully saturated rings. The molecule has 1 heterocycles. The number of carbonyl (C=O) groups excluding carboxylic acids is 1. The number of carbonyl (C=O) groups is 1. The minimum absolute atomic E-state index is 0.146. The molecular weight excluding hydrogens is 230 g/mol. The maximum absolute atomic E-state index is 11.8. The lowest BCUT2D eigenvalue weighted by molar-refractivity contribution is 0.0912. The second-order valence-corrected chi connectivity index (χ2v) is 4.51. The lowest BCUT2D eigenvalue weighted by Crippen LogP contribution is -2.32. The average Bonchev–Trinajstić information content (AvgIpc) is 2.81. The van der Waals surface area contributed by atoms with Crippen molar-refractivity contribution < 1.29 is 9.90 Å². The van der Waals surface area contributed by atoms with Crippen molar-refractivity contribution in [3.8, 4) is 6.07 Å². The van der Waals surface area contributed by atoms with Gasteiger partial charge in [0, 0.05) is 18.7 Å². The minimum Gasteiger partial charge on any atom is -0.393 e. The summed E-state index contributed by atoms with van der Waals surface area (Å²) in [6.45, 7) is 0.474. The summed E-state index contributed by atoms with van der Waals surface area (Å²) in [6.07, 6.45) is 3.84. The molecule has 0 bridgehead atoms. The van der Waals surface area contributed by atoms with Gasteiger partial charge in [-0.2, -0.15) is 5.26 Å². The highest BCUT2D eigenvalue weighted by Gasteiger charge is 2.25. The van der Waals surface area contributed by atoms with E-state index in [1.54, 1.807) is 6.07 Å². The Balaban J connectivity index is 1.89. The molecule has 0 spiro atoms. The molecule has 18 heavy (non-hydrogen) atoms. The number of aliphatic hydroxyl groups excluding tert-OH is 1. The van der Waals surface area contributed by atoms with Gasteiger partial charge in [0.2, 0.25) is 0 Å². The molecule has 1 aliphatic carbocycles. The Morgan fingerprint density at radius 3 is 2.94 bits per heavy atom. The molecular formula is C13H15N3O2. The molecule has 2 atom stereocenters. The number of hydrogen-bond donors (Lipinski definition) is 2. The molecule has 0 aliphatic heterocycles. The van der Waals surface area contributed by atoms with E-state index in [2.05, 4.69) is 10.3 Å². The van der Waals surface area contributed by atoms with Crippen LogP contribution in [0.15, 0.2) is 18.3 Å². The number of pyridine rings is 1. The lowest BCUT2D eigenvalue weighted by atomic mass is 10.1. The minimum atomic E-state index is -0.306. The van der Waals surface area contributed by atoms with Gasteiger partial charge in [-0.05, 0) is 25.0 Å². The number of aromatic nitrogens is 1. The van der Waals surface area contributed by atoms with Crippen LogP contribution in [0.4, 0.5) is 0 Å². The number of aliphatic hydroxyl groups is 1. The molecule has 2 rings (SSSR count). The Kier molecular flexibility index (Phi) is 3.90. The number of hydrogen-bond acceptors (Lipinski definition) is 4. The van der Waals surface area contributed by atoms with Crippen LogP contribution in [-0.2, 0) is 0 Å². The van der Waals surface area contributed by atoms with E-state index in [0.29, 0.717) is 17.8 Å². The third-order valence-corrected chi connectivity index (χ3v) is 3.27. The molecule has 0 radical (unpaired) electrons. The van der Waals surface area contributed by atoms with Crippen molar-refractivity contribution in [2.75, 3.05) is 6.54 Å². The van der Waals surface area contributed by atoms with Gasteiger partial charge in [-0.1, -0.05) is 6.42 Å². The Hall–Kier alpha value is -1.93. The number of nitriles is 1. The number of nitrogens with one attached hydrogen (secondary N) is 1. The summed E-state index contributed by atoms with van der Waals surface area (Å²) < 4.78 is 0. The molecule has 0 aromatic carbocycles. The highest BCUT2D eigenvalue weighted by atomic mass is 16.3. The first-order valence-corrected chi connectivity index (χ1v) is 6.03. The van der Waals surface area contributed by atoms with Crippen LogP contribution in [0.2, 0.25) is 0 Å². The quantitative estimate of drug-likeness (QED) is 0.826. The van der Waals surface area contributed by atoms with Crippen LogP contribution in [0.3, 0.4) is 0 Å². The van der Waals surface area contributed by atoms with Crippen LogP contribution < -0.4 is 5.32 Å². The zero-order valence-corrected chi connectivity index (χ0v) is 9.97. The van der Waals surface area contributed by atoms with Gasteiger partial charge in [0.05, 0.1) is 11.7 Å². The molecule has 94 valence electrons. The fourth-order valence-electron chi connectivity index (χ4n) is 2.16. The van der Waals surface area contributed by atoms with Crippen LogP contribution >= 0.6 is 0 Å². The zero-order chi connectivity index (χ0) is 13.0. The fraction of sp³-hybridized carbons (Fsp3) is 0.462. The first kappa shape index (κ1) is 12.5. The highest BCUT2D eigenvalue weighted by molar-refractivity contribution is 5.92.